The van der Waals surface area contributed by atoms with Crippen molar-refractivity contribution in [3.63, 3.8) is 0 Å². The Balaban J connectivity index is 0.00000133. The quantitative estimate of drug-likeness (QED) is 0.461. The van der Waals surface area contributed by atoms with E-state index < -0.39 is 0 Å². The van der Waals surface area contributed by atoms with Gasteiger partial charge in [-0.15, -0.1) is 11.8 Å². The summed E-state index contributed by atoms with van der Waals surface area (Å²) in [5, 5.41) is 0.594. The van der Waals surface area contributed by atoms with Crippen molar-refractivity contribution in [2.75, 3.05) is 0 Å². The van der Waals surface area contributed by atoms with Gasteiger partial charge < -0.3 is 24.8 Å². The van der Waals surface area contributed by atoms with Crippen LogP contribution in [0.3, 0.4) is 0 Å². The van der Waals surface area contributed by atoms with E-state index in [1.54, 1.807) is 5.57 Å². The van der Waals surface area contributed by atoms with Gasteiger partial charge in [0.2, 0.25) is 0 Å². The molecule has 1 aliphatic heterocycles. The van der Waals surface area contributed by atoms with Gasteiger partial charge in [-0.05, 0) is 24.1 Å². The van der Waals surface area contributed by atoms with E-state index in [2.05, 4.69) is 62.1 Å². The fourth-order valence-electron chi connectivity index (χ4n) is 2.74. The standard InChI is InChI=1S/C16H18SSi.2ClH.Zr/c1-11-7-8-12(9-11)16-13-5-4-6-14(13)17-15(16)10-18(2)3;;;/h4-10,12,15H,1-3H3;2*1H;/q;;;+2/p-2. The molecule has 2 atom stereocenters. The Bertz CT molecular complexity index is 581. The van der Waals surface area contributed by atoms with E-state index in [9.17, 15) is 0 Å². The number of hydrogen-bond donors (Lipinski definition) is 0. The number of fused-ring (bicyclic) bond motifs is 1. The van der Waals surface area contributed by atoms with Crippen LogP contribution in [0.1, 0.15) is 6.92 Å². The van der Waals surface area contributed by atoms with Crippen LogP contribution >= 0.6 is 11.8 Å². The summed E-state index contributed by atoms with van der Waals surface area (Å²) in [4.78, 5) is 1.47. The van der Waals surface area contributed by atoms with Crippen LogP contribution < -0.4 is 24.8 Å². The van der Waals surface area contributed by atoms with Gasteiger partial charge in [0.15, 0.2) is 0 Å². The minimum atomic E-state index is -0.299. The van der Waals surface area contributed by atoms with Crippen LogP contribution in [0.15, 0.2) is 58.1 Å². The molecule has 0 fully saturated rings. The van der Waals surface area contributed by atoms with E-state index in [0.717, 1.165) is 0 Å². The van der Waals surface area contributed by atoms with Crippen molar-refractivity contribution in [3.8, 4) is 0 Å². The first-order valence-electron chi connectivity index (χ1n) is 6.46. The molecule has 0 N–H and O–H groups in total. The summed E-state index contributed by atoms with van der Waals surface area (Å²) in [6, 6.07) is 0. The zero-order chi connectivity index (χ0) is 12.7. The molecule has 2 aliphatic carbocycles. The third-order valence-electron chi connectivity index (χ3n) is 3.50. The molecule has 3 rings (SSSR count). The van der Waals surface area contributed by atoms with Gasteiger partial charge in [-0.25, -0.2) is 0 Å². The average molecular weight is 433 g/mol. The van der Waals surface area contributed by atoms with Gasteiger partial charge in [-0.3, -0.25) is 0 Å². The molecule has 5 heteroatoms. The molecule has 2 unspecified atom stereocenters. The van der Waals surface area contributed by atoms with Gasteiger partial charge in [0.1, 0.15) is 0 Å². The predicted molar refractivity (Wildman–Crippen MR) is 85.6 cm³/mol. The van der Waals surface area contributed by atoms with Crippen molar-refractivity contribution in [3.05, 3.63) is 58.1 Å². The van der Waals surface area contributed by atoms with Crippen molar-refractivity contribution in [1.82, 2.24) is 0 Å². The number of hydrogen-bond acceptors (Lipinski definition) is 1. The molecular weight excluding hydrogens is 414 g/mol. The monoisotopic (exact) mass is 430 g/mol. The first-order chi connectivity index (χ1) is 8.65. The van der Waals surface area contributed by atoms with Gasteiger partial charge in [0.05, 0.1) is 0 Å². The van der Waals surface area contributed by atoms with Crippen molar-refractivity contribution < 1.29 is 51.0 Å². The largest absolute Gasteiger partial charge is 2.00 e. The second kappa shape index (κ2) is 9.03. The summed E-state index contributed by atoms with van der Waals surface area (Å²) in [5.41, 5.74) is 7.08. The average Bonchev–Trinajstić information content (AvgIpc) is 2.92. The number of rotatable bonds is 2. The van der Waals surface area contributed by atoms with Crippen molar-refractivity contribution in [2.45, 2.75) is 25.3 Å². The Morgan fingerprint density at radius 2 is 1.90 bits per heavy atom. The third-order valence-corrected chi connectivity index (χ3v) is 6.00. The van der Waals surface area contributed by atoms with Crippen molar-refractivity contribution in [1.29, 1.82) is 0 Å². The Morgan fingerprint density at radius 3 is 2.48 bits per heavy atom. The first kappa shape index (κ1) is 21.6. The molecule has 0 aromatic carbocycles. The Hall–Kier alpha value is 0.600. The number of allylic oxidation sites excluding steroid dienone is 8. The second-order valence-corrected chi connectivity index (χ2v) is 9.01. The summed E-state index contributed by atoms with van der Waals surface area (Å²) in [7, 11) is -0.299. The SMILES string of the molecule is CC1=CC(C2=C3C=CC=C3SC2C=[Si](C)C)C=C1.[Cl-].[Cl-].[Zr+2]. The molecule has 3 aliphatic rings. The van der Waals surface area contributed by atoms with E-state index in [1.165, 1.54) is 16.1 Å². The zero-order valence-corrected chi connectivity index (χ0v) is 18.1. The molecule has 1 heterocycles. The molecule has 0 saturated carbocycles. The smallest absolute Gasteiger partial charge is 1.00 e. The van der Waals surface area contributed by atoms with Crippen molar-refractivity contribution >= 4 is 25.8 Å². The molecule has 0 bridgehead atoms. The normalized spacial score (nSPS) is 24.5. The van der Waals surface area contributed by atoms with E-state index in [-0.39, 0.29) is 59.4 Å². The van der Waals surface area contributed by atoms with Gasteiger partial charge >= 0.3 is 26.2 Å². The van der Waals surface area contributed by atoms with Gasteiger partial charge in [0.25, 0.3) is 0 Å². The maximum absolute atomic E-state index is 2.58. The van der Waals surface area contributed by atoms with E-state index in [0.29, 0.717) is 11.2 Å². The van der Waals surface area contributed by atoms with E-state index in [1.807, 2.05) is 11.8 Å². The molecule has 0 aromatic heterocycles. The number of thioether (sulfide) groups is 1. The molecule has 0 nitrogen and oxygen atoms in total. The van der Waals surface area contributed by atoms with Crippen LogP contribution in [-0.4, -0.2) is 19.3 Å². The van der Waals surface area contributed by atoms with E-state index >= 15 is 0 Å². The van der Waals surface area contributed by atoms with Crippen LogP contribution in [0.5, 0.6) is 0 Å². The Labute approximate surface area is 165 Å². The Kier molecular flexibility index (Phi) is 9.29. The van der Waals surface area contributed by atoms with Crippen LogP contribution in [0, 0.1) is 5.92 Å². The fourth-order valence-corrected chi connectivity index (χ4v) is 5.77. The molecule has 0 spiro atoms. The second-order valence-electron chi connectivity index (χ2n) is 5.34. The van der Waals surface area contributed by atoms with Crippen LogP contribution in [0.2, 0.25) is 13.1 Å². The topological polar surface area (TPSA) is 0 Å². The third kappa shape index (κ3) is 4.54. The van der Waals surface area contributed by atoms with Gasteiger partial charge in [0, 0.05) is 24.5 Å². The Morgan fingerprint density at radius 1 is 1.19 bits per heavy atom. The minimum Gasteiger partial charge on any atom is -1.00 e. The van der Waals surface area contributed by atoms with Crippen LogP contribution in [0.4, 0.5) is 0 Å². The molecule has 0 aromatic rings. The minimum absolute atomic E-state index is 0. The van der Waals surface area contributed by atoms with Crippen LogP contribution in [0.25, 0.3) is 0 Å². The molecule has 21 heavy (non-hydrogen) atoms. The predicted octanol–water partition coefficient (Wildman–Crippen LogP) is -1.87. The molecular formula is C16H18Cl2SSiZr. The summed E-state index contributed by atoms with van der Waals surface area (Å²) in [6.07, 6.45) is 13.7. The maximum Gasteiger partial charge on any atom is 2.00 e. The van der Waals surface area contributed by atoms with Crippen LogP contribution in [-0.2, 0) is 26.2 Å². The first-order valence-corrected chi connectivity index (χ1v) is 9.92. The van der Waals surface area contributed by atoms with Crippen molar-refractivity contribution in [2.24, 2.45) is 5.92 Å². The zero-order valence-electron chi connectivity index (χ0n) is 12.4. The fraction of sp³-hybridized carbons (Fsp3) is 0.312. The molecule has 110 valence electrons. The summed E-state index contributed by atoms with van der Waals surface area (Å²) >= 11 is 2.04. The molecule has 0 saturated heterocycles. The summed E-state index contributed by atoms with van der Waals surface area (Å²) in [6.45, 7) is 6.94. The summed E-state index contributed by atoms with van der Waals surface area (Å²) in [5.74, 6) is 0.517. The maximum atomic E-state index is 2.58. The van der Waals surface area contributed by atoms with E-state index in [4.69, 9.17) is 0 Å². The molecule has 0 amide bonds. The molecule has 0 radical (unpaired) electrons. The van der Waals surface area contributed by atoms with Gasteiger partial charge in [-0.2, -0.15) is 0 Å². The van der Waals surface area contributed by atoms with Gasteiger partial charge in [-0.1, -0.05) is 54.7 Å². The summed E-state index contributed by atoms with van der Waals surface area (Å²) < 4.78 is 0. The number of halogens is 2.